The Kier molecular flexibility index (Phi) is 6.29. The zero-order valence-corrected chi connectivity index (χ0v) is 22.1. The van der Waals surface area contributed by atoms with Crippen molar-refractivity contribution in [3.63, 3.8) is 0 Å². The van der Waals surface area contributed by atoms with Crippen LogP contribution in [0.5, 0.6) is 0 Å². The van der Waals surface area contributed by atoms with Gasteiger partial charge in [-0.1, -0.05) is 30.3 Å². The highest BCUT2D eigenvalue weighted by Gasteiger charge is 2.36. The Hall–Kier alpha value is -4.24. The molecule has 38 heavy (non-hydrogen) atoms. The van der Waals surface area contributed by atoms with Crippen molar-refractivity contribution in [1.29, 1.82) is 0 Å². The standard InChI is InChI=1S/C29H27N5O3S/c1-3-33-24(28(35)34(4-2)29(33)38)15-22-16-25-26(36-22)17-27(37-25)31-30-21-10-11-23-20(14-21)12-13-32(23)18-19-8-6-5-7-9-19/h5-11,14-17H,3-4,12-13,18H2,1-2H3/b24-15+,31-30+. The summed E-state index contributed by atoms with van der Waals surface area (Å²) in [6.45, 7) is 6.87. The largest absolute Gasteiger partial charge is 0.453 e. The number of thiocarbonyl (C=S) groups is 1. The summed E-state index contributed by atoms with van der Waals surface area (Å²) < 4.78 is 11.7. The molecule has 6 rings (SSSR count). The van der Waals surface area contributed by atoms with Gasteiger partial charge < -0.3 is 18.6 Å². The van der Waals surface area contributed by atoms with Crippen LogP contribution in [0.25, 0.3) is 17.2 Å². The summed E-state index contributed by atoms with van der Waals surface area (Å²) >= 11 is 5.44. The normalized spacial score (nSPS) is 16.7. The van der Waals surface area contributed by atoms with Crippen molar-refractivity contribution in [3.8, 4) is 0 Å². The fourth-order valence-corrected chi connectivity index (χ4v) is 5.44. The smallest absolute Gasteiger partial charge is 0.276 e. The van der Waals surface area contributed by atoms with Crippen molar-refractivity contribution in [2.45, 2.75) is 26.8 Å². The van der Waals surface area contributed by atoms with Crippen LogP contribution in [0, 0.1) is 0 Å². The van der Waals surface area contributed by atoms with E-state index < -0.39 is 0 Å². The van der Waals surface area contributed by atoms with Crippen LogP contribution >= 0.6 is 12.2 Å². The third-order valence-corrected chi connectivity index (χ3v) is 7.32. The fourth-order valence-electron chi connectivity index (χ4n) is 5.00. The molecule has 2 aromatic carbocycles. The Bertz CT molecular complexity index is 1550. The number of furan rings is 2. The Labute approximate surface area is 225 Å². The highest BCUT2D eigenvalue weighted by atomic mass is 32.1. The summed E-state index contributed by atoms with van der Waals surface area (Å²) in [6.07, 6.45) is 2.69. The van der Waals surface area contributed by atoms with E-state index >= 15 is 0 Å². The first kappa shape index (κ1) is 24.1. The lowest BCUT2D eigenvalue weighted by molar-refractivity contribution is -0.122. The summed E-state index contributed by atoms with van der Waals surface area (Å²) in [5.41, 5.74) is 6.17. The first-order chi connectivity index (χ1) is 18.5. The highest BCUT2D eigenvalue weighted by molar-refractivity contribution is 7.80. The minimum Gasteiger partial charge on any atom is -0.453 e. The lowest BCUT2D eigenvalue weighted by atomic mass is 10.1. The Morgan fingerprint density at radius 1 is 0.947 bits per heavy atom. The van der Waals surface area contributed by atoms with Crippen LogP contribution in [0.4, 0.5) is 17.3 Å². The van der Waals surface area contributed by atoms with E-state index in [9.17, 15) is 4.79 Å². The van der Waals surface area contributed by atoms with Crippen LogP contribution in [0.15, 0.2) is 85.4 Å². The average Bonchev–Trinajstić information content (AvgIpc) is 3.65. The number of fused-ring (bicyclic) bond motifs is 2. The number of carbonyl (C=O) groups is 1. The second-order valence-electron chi connectivity index (χ2n) is 9.24. The number of rotatable bonds is 7. The zero-order chi connectivity index (χ0) is 26.2. The van der Waals surface area contributed by atoms with Crippen molar-refractivity contribution >= 4 is 57.7 Å². The molecule has 1 saturated heterocycles. The monoisotopic (exact) mass is 525 g/mol. The molecule has 192 valence electrons. The molecule has 0 unspecified atom stereocenters. The fraction of sp³-hybridized carbons (Fsp3) is 0.241. The molecule has 0 aliphatic carbocycles. The minimum atomic E-state index is -0.126. The molecule has 0 radical (unpaired) electrons. The van der Waals surface area contributed by atoms with Gasteiger partial charge in [0, 0.05) is 50.1 Å². The van der Waals surface area contributed by atoms with E-state index in [0.717, 1.165) is 25.2 Å². The SMILES string of the molecule is CCN1C(=O)/C(=C\c2cc3oc(/N=N/c4ccc5c(c4)CCN5Cc4ccccc4)cc3o2)N(CC)C1=S. The molecule has 1 amide bonds. The molecule has 0 bridgehead atoms. The number of anilines is 1. The number of azo groups is 1. The van der Waals surface area contributed by atoms with Crippen molar-refractivity contribution in [2.24, 2.45) is 10.2 Å². The number of hydrogen-bond acceptors (Lipinski definition) is 7. The third kappa shape index (κ3) is 4.39. The number of carbonyl (C=O) groups excluding carboxylic acids is 1. The zero-order valence-electron chi connectivity index (χ0n) is 21.3. The van der Waals surface area contributed by atoms with Crippen LogP contribution in [0.3, 0.4) is 0 Å². The van der Waals surface area contributed by atoms with Gasteiger partial charge in [0.15, 0.2) is 16.3 Å². The second kappa shape index (κ2) is 9.90. The van der Waals surface area contributed by atoms with Gasteiger partial charge >= 0.3 is 0 Å². The minimum absolute atomic E-state index is 0.126. The quantitative estimate of drug-likeness (QED) is 0.150. The van der Waals surface area contributed by atoms with Gasteiger partial charge in [-0.05, 0) is 61.8 Å². The van der Waals surface area contributed by atoms with E-state index in [-0.39, 0.29) is 5.91 Å². The Morgan fingerprint density at radius 3 is 2.50 bits per heavy atom. The van der Waals surface area contributed by atoms with Gasteiger partial charge in [-0.2, -0.15) is 0 Å². The maximum Gasteiger partial charge on any atom is 0.276 e. The molecule has 0 saturated carbocycles. The van der Waals surface area contributed by atoms with Crippen molar-refractivity contribution in [2.75, 3.05) is 24.5 Å². The molecule has 0 N–H and O–H groups in total. The number of amides is 1. The van der Waals surface area contributed by atoms with Crippen LogP contribution in [-0.4, -0.2) is 40.5 Å². The number of likely N-dealkylation sites (N-methyl/N-ethyl adjacent to an activating group) is 2. The lowest BCUT2D eigenvalue weighted by Gasteiger charge is -2.19. The van der Waals surface area contributed by atoms with E-state index in [1.807, 2.05) is 30.9 Å². The van der Waals surface area contributed by atoms with E-state index in [2.05, 4.69) is 51.5 Å². The van der Waals surface area contributed by atoms with Crippen molar-refractivity contribution in [3.05, 3.63) is 83.2 Å². The molecule has 2 aliphatic heterocycles. The third-order valence-electron chi connectivity index (χ3n) is 6.88. The molecule has 1 fully saturated rings. The van der Waals surface area contributed by atoms with Crippen molar-refractivity contribution in [1.82, 2.24) is 9.80 Å². The van der Waals surface area contributed by atoms with Gasteiger partial charge in [-0.25, -0.2) is 0 Å². The first-order valence-electron chi connectivity index (χ1n) is 12.8. The maximum absolute atomic E-state index is 12.8. The predicted molar refractivity (Wildman–Crippen MR) is 151 cm³/mol. The van der Waals surface area contributed by atoms with Crippen LogP contribution in [0.1, 0.15) is 30.7 Å². The van der Waals surface area contributed by atoms with Gasteiger partial charge in [0.1, 0.15) is 11.5 Å². The number of benzene rings is 2. The second-order valence-corrected chi connectivity index (χ2v) is 9.60. The van der Waals surface area contributed by atoms with Crippen LogP contribution in [-0.2, 0) is 17.8 Å². The van der Waals surface area contributed by atoms with Crippen LogP contribution in [0.2, 0.25) is 0 Å². The summed E-state index contributed by atoms with van der Waals surface area (Å²) in [5.74, 6) is 0.748. The van der Waals surface area contributed by atoms with Gasteiger partial charge in [0.2, 0.25) is 5.88 Å². The summed E-state index contributed by atoms with van der Waals surface area (Å²) in [6, 6.07) is 20.1. The molecule has 2 aromatic heterocycles. The molecule has 4 heterocycles. The maximum atomic E-state index is 12.8. The van der Waals surface area contributed by atoms with E-state index in [0.29, 0.717) is 46.7 Å². The topological polar surface area (TPSA) is 77.8 Å². The van der Waals surface area contributed by atoms with Crippen molar-refractivity contribution < 1.29 is 13.6 Å². The molecular weight excluding hydrogens is 498 g/mol. The van der Waals surface area contributed by atoms with Gasteiger partial charge in [0.25, 0.3) is 5.91 Å². The van der Waals surface area contributed by atoms with Gasteiger partial charge in [-0.3, -0.25) is 9.69 Å². The predicted octanol–water partition coefficient (Wildman–Crippen LogP) is 6.81. The van der Waals surface area contributed by atoms with E-state index in [1.165, 1.54) is 16.8 Å². The Balaban J connectivity index is 1.17. The van der Waals surface area contributed by atoms with Gasteiger partial charge in [0.05, 0.1) is 5.69 Å². The molecule has 4 aromatic rings. The summed E-state index contributed by atoms with van der Waals surface area (Å²) in [4.78, 5) is 18.5. The molecule has 8 nitrogen and oxygen atoms in total. The summed E-state index contributed by atoms with van der Waals surface area (Å²) in [7, 11) is 0. The molecule has 9 heteroatoms. The number of nitrogens with zero attached hydrogens (tertiary/aromatic N) is 5. The first-order valence-corrected chi connectivity index (χ1v) is 13.2. The Morgan fingerprint density at radius 2 is 1.74 bits per heavy atom. The van der Waals surface area contributed by atoms with Crippen LogP contribution < -0.4 is 4.90 Å². The molecule has 0 atom stereocenters. The van der Waals surface area contributed by atoms with E-state index in [4.69, 9.17) is 21.1 Å². The van der Waals surface area contributed by atoms with Gasteiger partial charge in [-0.15, -0.1) is 10.2 Å². The van der Waals surface area contributed by atoms with E-state index in [1.54, 1.807) is 23.1 Å². The lowest BCUT2D eigenvalue weighted by Crippen LogP contribution is -2.32. The summed E-state index contributed by atoms with van der Waals surface area (Å²) in [5, 5.41) is 9.18. The molecular formula is C29H27N5O3S. The highest BCUT2D eigenvalue weighted by Crippen LogP contribution is 2.35. The number of hydrogen-bond donors (Lipinski definition) is 0. The molecule has 2 aliphatic rings. The molecule has 0 spiro atoms. The average molecular weight is 526 g/mol.